The molecule has 0 spiro atoms. The van der Waals surface area contributed by atoms with Crippen LogP contribution in [0.1, 0.15) is 48.6 Å². The molecule has 0 saturated carbocycles. The van der Waals surface area contributed by atoms with E-state index in [0.29, 0.717) is 18.0 Å². The Balaban J connectivity index is 1.47. The van der Waals surface area contributed by atoms with Gasteiger partial charge in [-0.2, -0.15) is 0 Å². The number of likely N-dealkylation sites (tertiary alicyclic amines) is 1. The molecule has 2 aromatic carbocycles. The minimum atomic E-state index is 0.359. The highest BCUT2D eigenvalue weighted by Crippen LogP contribution is 2.44. The Kier molecular flexibility index (Phi) is 6.14. The Bertz CT molecular complexity index is 1220. The van der Waals surface area contributed by atoms with Crippen LogP contribution in [0.4, 0.5) is 0 Å². The molecule has 5 heteroatoms. The SMILES string of the molecule is CCN(CC)C(=S)N[C@H]1CC2c3cccc4[nH]c(C#Cc5ccccc5)c(c34)C[C@H]2N(C)C1. The van der Waals surface area contributed by atoms with E-state index in [1.807, 2.05) is 18.2 Å². The summed E-state index contributed by atoms with van der Waals surface area (Å²) in [6, 6.07) is 17.8. The number of likely N-dealkylation sites (N-methyl/N-ethyl adjacent to an activating group) is 1. The fraction of sp³-hybridized carbons (Fsp3) is 0.393. The van der Waals surface area contributed by atoms with Crippen molar-refractivity contribution in [3.05, 3.63) is 70.9 Å². The van der Waals surface area contributed by atoms with E-state index in [-0.39, 0.29) is 0 Å². The summed E-state index contributed by atoms with van der Waals surface area (Å²) in [5.41, 5.74) is 6.15. The molecular formula is C28H32N4S. The molecule has 1 fully saturated rings. The van der Waals surface area contributed by atoms with Gasteiger partial charge in [0.2, 0.25) is 0 Å². The fourth-order valence-corrected chi connectivity index (χ4v) is 6.10. The van der Waals surface area contributed by atoms with Crippen LogP contribution >= 0.6 is 12.2 Å². The summed E-state index contributed by atoms with van der Waals surface area (Å²) in [6.45, 7) is 7.21. The van der Waals surface area contributed by atoms with Crippen LogP contribution in [-0.4, -0.2) is 58.7 Å². The first-order valence-electron chi connectivity index (χ1n) is 12.0. The Morgan fingerprint density at radius 1 is 1.12 bits per heavy atom. The highest BCUT2D eigenvalue weighted by atomic mass is 32.1. The monoisotopic (exact) mass is 456 g/mol. The number of rotatable bonds is 3. The number of H-pyrrole nitrogens is 1. The fourth-order valence-electron chi connectivity index (χ4n) is 5.67. The first-order valence-corrected chi connectivity index (χ1v) is 12.5. The average molecular weight is 457 g/mol. The predicted octanol–water partition coefficient (Wildman–Crippen LogP) is 4.50. The van der Waals surface area contributed by atoms with Crippen molar-refractivity contribution in [2.45, 2.75) is 44.7 Å². The van der Waals surface area contributed by atoms with Gasteiger partial charge < -0.3 is 20.1 Å². The van der Waals surface area contributed by atoms with E-state index in [2.05, 4.69) is 83.2 Å². The molecule has 170 valence electrons. The second-order valence-electron chi connectivity index (χ2n) is 9.24. The highest BCUT2D eigenvalue weighted by molar-refractivity contribution is 7.80. The van der Waals surface area contributed by atoms with Gasteiger partial charge in [-0.15, -0.1) is 0 Å². The molecule has 1 saturated heterocycles. The minimum absolute atomic E-state index is 0.359. The van der Waals surface area contributed by atoms with Gasteiger partial charge in [0.25, 0.3) is 0 Å². The van der Waals surface area contributed by atoms with E-state index < -0.39 is 0 Å². The first kappa shape index (κ1) is 22.0. The summed E-state index contributed by atoms with van der Waals surface area (Å²) >= 11 is 5.72. The summed E-state index contributed by atoms with van der Waals surface area (Å²) < 4.78 is 0. The van der Waals surface area contributed by atoms with Crippen LogP contribution in [0.2, 0.25) is 0 Å². The van der Waals surface area contributed by atoms with Crippen LogP contribution < -0.4 is 5.32 Å². The Morgan fingerprint density at radius 3 is 2.67 bits per heavy atom. The second-order valence-corrected chi connectivity index (χ2v) is 9.62. The van der Waals surface area contributed by atoms with E-state index >= 15 is 0 Å². The van der Waals surface area contributed by atoms with Crippen LogP contribution in [0, 0.1) is 11.8 Å². The molecule has 5 rings (SSSR count). The maximum Gasteiger partial charge on any atom is 0.169 e. The lowest BCUT2D eigenvalue weighted by Crippen LogP contribution is -2.56. The largest absolute Gasteiger partial charge is 0.359 e. The van der Waals surface area contributed by atoms with Crippen LogP contribution in [-0.2, 0) is 6.42 Å². The van der Waals surface area contributed by atoms with Crippen molar-refractivity contribution in [3.63, 3.8) is 0 Å². The van der Waals surface area contributed by atoms with E-state index in [1.54, 1.807) is 0 Å². The Morgan fingerprint density at radius 2 is 1.91 bits per heavy atom. The zero-order valence-corrected chi connectivity index (χ0v) is 20.5. The van der Waals surface area contributed by atoms with Gasteiger partial charge in [-0.05, 0) is 81.2 Å². The summed E-state index contributed by atoms with van der Waals surface area (Å²) in [5, 5.41) is 5.94. The van der Waals surface area contributed by atoms with Gasteiger partial charge in [0, 0.05) is 54.1 Å². The number of thiocarbonyl (C=S) groups is 1. The van der Waals surface area contributed by atoms with Crippen LogP contribution in [0.5, 0.6) is 0 Å². The number of aromatic nitrogens is 1. The van der Waals surface area contributed by atoms with Crippen molar-refractivity contribution in [2.24, 2.45) is 0 Å². The molecule has 2 aliphatic rings. The van der Waals surface area contributed by atoms with Crippen LogP contribution in [0.3, 0.4) is 0 Å². The molecule has 2 heterocycles. The number of benzene rings is 2. The molecule has 0 bridgehead atoms. The molecule has 1 aromatic heterocycles. The number of hydrogen-bond donors (Lipinski definition) is 2. The molecule has 1 aliphatic carbocycles. The quantitative estimate of drug-likeness (QED) is 0.449. The maximum absolute atomic E-state index is 5.72. The average Bonchev–Trinajstić information content (AvgIpc) is 3.18. The topological polar surface area (TPSA) is 34.3 Å². The third kappa shape index (κ3) is 4.14. The van der Waals surface area contributed by atoms with E-state index in [0.717, 1.165) is 48.8 Å². The standard InChI is InChI=1S/C28H32N4S/c1-4-32(5-2)28(33)29-20-16-22-21-12-9-13-25-27(21)23(17-26(22)31(3)18-20)24(30-25)15-14-19-10-7-6-8-11-19/h6-13,20,22,26,30H,4-5,16-18H2,1-3H3,(H,29,33)/t20-,22?,26+/m0/s1. The number of aromatic amines is 1. The smallest absolute Gasteiger partial charge is 0.169 e. The van der Waals surface area contributed by atoms with Crippen molar-refractivity contribution in [1.82, 2.24) is 20.1 Å². The molecule has 0 radical (unpaired) electrons. The van der Waals surface area contributed by atoms with Gasteiger partial charge in [0.15, 0.2) is 5.11 Å². The Hall–Kier alpha value is -2.81. The summed E-state index contributed by atoms with van der Waals surface area (Å²) in [7, 11) is 2.26. The van der Waals surface area contributed by atoms with Gasteiger partial charge in [-0.1, -0.05) is 36.3 Å². The van der Waals surface area contributed by atoms with Crippen LogP contribution in [0.25, 0.3) is 10.9 Å². The minimum Gasteiger partial charge on any atom is -0.359 e. The van der Waals surface area contributed by atoms with E-state index in [9.17, 15) is 0 Å². The summed E-state index contributed by atoms with van der Waals surface area (Å²) in [6.07, 6.45) is 2.13. The van der Waals surface area contributed by atoms with Gasteiger partial charge in [-0.3, -0.25) is 0 Å². The van der Waals surface area contributed by atoms with E-state index in [4.69, 9.17) is 12.2 Å². The van der Waals surface area contributed by atoms with Gasteiger partial charge in [-0.25, -0.2) is 0 Å². The molecule has 33 heavy (non-hydrogen) atoms. The van der Waals surface area contributed by atoms with Gasteiger partial charge >= 0.3 is 0 Å². The molecule has 1 aliphatic heterocycles. The first-order chi connectivity index (χ1) is 16.1. The Labute approximate surface area is 202 Å². The molecule has 3 atom stereocenters. The van der Waals surface area contributed by atoms with E-state index in [1.165, 1.54) is 22.0 Å². The number of hydrogen-bond acceptors (Lipinski definition) is 2. The zero-order chi connectivity index (χ0) is 22.9. The second kappa shape index (κ2) is 9.21. The molecule has 1 unspecified atom stereocenters. The van der Waals surface area contributed by atoms with Crippen molar-refractivity contribution in [2.75, 3.05) is 26.7 Å². The normalized spacial score (nSPS) is 21.7. The number of nitrogens with one attached hydrogen (secondary N) is 2. The molecule has 2 N–H and O–H groups in total. The lowest BCUT2D eigenvalue weighted by Gasteiger charge is -2.46. The summed E-state index contributed by atoms with van der Waals surface area (Å²) in [4.78, 5) is 8.38. The van der Waals surface area contributed by atoms with Crippen LogP contribution in [0.15, 0.2) is 48.5 Å². The summed E-state index contributed by atoms with van der Waals surface area (Å²) in [5.74, 6) is 7.28. The number of fused-ring (bicyclic) bond motifs is 2. The number of piperidine rings is 1. The number of nitrogens with zero attached hydrogens (tertiary/aromatic N) is 2. The predicted molar refractivity (Wildman–Crippen MR) is 141 cm³/mol. The molecular weight excluding hydrogens is 424 g/mol. The highest BCUT2D eigenvalue weighted by Gasteiger charge is 2.40. The van der Waals surface area contributed by atoms with Gasteiger partial charge in [0.1, 0.15) is 0 Å². The maximum atomic E-state index is 5.72. The van der Waals surface area contributed by atoms with Crippen molar-refractivity contribution >= 4 is 28.2 Å². The van der Waals surface area contributed by atoms with Crippen molar-refractivity contribution in [3.8, 4) is 11.8 Å². The molecule has 3 aromatic rings. The van der Waals surface area contributed by atoms with Gasteiger partial charge in [0.05, 0.1) is 5.69 Å². The molecule has 0 amide bonds. The lowest BCUT2D eigenvalue weighted by atomic mass is 9.73. The molecule has 4 nitrogen and oxygen atoms in total. The third-order valence-electron chi connectivity index (χ3n) is 7.33. The zero-order valence-electron chi connectivity index (χ0n) is 19.7. The van der Waals surface area contributed by atoms with Crippen molar-refractivity contribution < 1.29 is 0 Å². The lowest BCUT2D eigenvalue weighted by molar-refractivity contribution is 0.133. The third-order valence-corrected chi connectivity index (χ3v) is 7.71. The van der Waals surface area contributed by atoms with Crippen molar-refractivity contribution in [1.29, 1.82) is 0 Å².